The number of hydrogen-bond donors (Lipinski definition) is 1. The van der Waals surface area contributed by atoms with Crippen LogP contribution in [0.2, 0.25) is 5.02 Å². The normalized spacial score (nSPS) is 24.9. The summed E-state index contributed by atoms with van der Waals surface area (Å²) in [7, 11) is -3.16. The third-order valence-corrected chi connectivity index (χ3v) is 4.81. The van der Waals surface area contributed by atoms with E-state index in [1.54, 1.807) is 18.2 Å². The van der Waals surface area contributed by atoms with E-state index in [4.69, 9.17) is 17.3 Å². The Kier molecular flexibility index (Phi) is 2.53. The molecule has 2 rings (SSSR count). The highest BCUT2D eigenvalue weighted by atomic mass is 35.5. The molecule has 2 atom stereocenters. The molecule has 0 amide bonds. The highest BCUT2D eigenvalue weighted by Gasteiger charge is 2.36. The Labute approximate surface area is 94.2 Å². The summed E-state index contributed by atoms with van der Waals surface area (Å²) >= 11 is 5.85. The Morgan fingerprint density at radius 1 is 1.53 bits per heavy atom. The van der Waals surface area contributed by atoms with Crippen molar-refractivity contribution in [1.29, 1.82) is 0 Å². The van der Waals surface area contributed by atoms with E-state index in [2.05, 4.69) is 0 Å². The Morgan fingerprint density at radius 2 is 2.20 bits per heavy atom. The summed E-state index contributed by atoms with van der Waals surface area (Å²) in [5.74, 6) is -0.0379. The molecule has 1 aliphatic heterocycles. The second-order valence-corrected chi connectivity index (χ2v) is 6.37. The van der Waals surface area contributed by atoms with Gasteiger partial charge in [-0.1, -0.05) is 11.6 Å². The molecule has 2 N–H and O–H groups in total. The average Bonchev–Trinajstić information content (AvgIpc) is 2.38. The SMILES string of the molecule is CC(N)C1CS(=O)(=O)c2ccc(Cl)cc21. The molecule has 1 aromatic carbocycles. The van der Waals surface area contributed by atoms with Crippen LogP contribution in [0.25, 0.3) is 0 Å². The van der Waals surface area contributed by atoms with Crippen molar-refractivity contribution in [2.24, 2.45) is 5.73 Å². The Bertz CT molecular complexity index is 496. The molecule has 15 heavy (non-hydrogen) atoms. The molecule has 0 bridgehead atoms. The lowest BCUT2D eigenvalue weighted by molar-refractivity contribution is 0.584. The van der Waals surface area contributed by atoms with E-state index in [1.807, 2.05) is 6.92 Å². The van der Waals surface area contributed by atoms with Crippen molar-refractivity contribution in [2.45, 2.75) is 23.8 Å². The van der Waals surface area contributed by atoms with Crippen LogP contribution in [0, 0.1) is 0 Å². The summed E-state index contributed by atoms with van der Waals surface area (Å²) in [5.41, 5.74) is 6.54. The van der Waals surface area contributed by atoms with Gasteiger partial charge in [-0.2, -0.15) is 0 Å². The summed E-state index contributed by atoms with van der Waals surface area (Å²) < 4.78 is 23.6. The third kappa shape index (κ3) is 1.77. The molecule has 0 radical (unpaired) electrons. The molecule has 0 spiro atoms. The van der Waals surface area contributed by atoms with Crippen molar-refractivity contribution in [3.8, 4) is 0 Å². The zero-order valence-electron chi connectivity index (χ0n) is 8.27. The maximum atomic E-state index is 11.8. The maximum Gasteiger partial charge on any atom is 0.179 e. The molecule has 1 aromatic rings. The van der Waals surface area contributed by atoms with E-state index in [0.717, 1.165) is 5.56 Å². The molecule has 0 fully saturated rings. The minimum atomic E-state index is -3.16. The largest absolute Gasteiger partial charge is 0.327 e. The highest BCUT2D eigenvalue weighted by Crippen LogP contribution is 2.37. The number of rotatable bonds is 1. The minimum absolute atomic E-state index is 0.0976. The van der Waals surface area contributed by atoms with E-state index in [-0.39, 0.29) is 17.7 Å². The topological polar surface area (TPSA) is 60.2 Å². The number of halogens is 1. The summed E-state index contributed by atoms with van der Waals surface area (Å²) in [6, 6.07) is 4.69. The van der Waals surface area contributed by atoms with Gasteiger partial charge in [-0.3, -0.25) is 0 Å². The Morgan fingerprint density at radius 3 is 2.80 bits per heavy atom. The first-order chi connectivity index (χ1) is 6.92. The van der Waals surface area contributed by atoms with Gasteiger partial charge in [-0.15, -0.1) is 0 Å². The first kappa shape index (κ1) is 10.9. The molecule has 3 nitrogen and oxygen atoms in total. The molecule has 0 aromatic heterocycles. The summed E-state index contributed by atoms with van der Waals surface area (Å²) in [5, 5.41) is 0.552. The number of sulfone groups is 1. The van der Waals surface area contributed by atoms with Gasteiger partial charge in [0.25, 0.3) is 0 Å². The number of nitrogens with two attached hydrogens (primary N) is 1. The van der Waals surface area contributed by atoms with Gasteiger partial charge in [0.05, 0.1) is 10.6 Å². The lowest BCUT2D eigenvalue weighted by Crippen LogP contribution is -2.25. The van der Waals surface area contributed by atoms with Gasteiger partial charge < -0.3 is 5.73 Å². The molecular weight excluding hydrogens is 234 g/mol. The molecule has 0 saturated carbocycles. The van der Waals surface area contributed by atoms with Crippen molar-refractivity contribution < 1.29 is 8.42 Å². The van der Waals surface area contributed by atoms with Crippen LogP contribution in [-0.2, 0) is 9.84 Å². The second-order valence-electron chi connectivity index (χ2n) is 3.93. The highest BCUT2D eigenvalue weighted by molar-refractivity contribution is 7.91. The fourth-order valence-electron chi connectivity index (χ4n) is 1.94. The first-order valence-electron chi connectivity index (χ1n) is 4.69. The quantitative estimate of drug-likeness (QED) is 0.817. The zero-order valence-corrected chi connectivity index (χ0v) is 9.85. The fraction of sp³-hybridized carbons (Fsp3) is 0.400. The van der Waals surface area contributed by atoms with Gasteiger partial charge in [0, 0.05) is 17.0 Å². The number of hydrogen-bond acceptors (Lipinski definition) is 3. The fourth-order valence-corrected chi connectivity index (χ4v) is 4.10. The second kappa shape index (κ2) is 3.47. The van der Waals surface area contributed by atoms with Gasteiger partial charge >= 0.3 is 0 Å². The van der Waals surface area contributed by atoms with E-state index >= 15 is 0 Å². The number of benzene rings is 1. The van der Waals surface area contributed by atoms with Gasteiger partial charge in [0.1, 0.15) is 0 Å². The van der Waals surface area contributed by atoms with Crippen molar-refractivity contribution in [2.75, 3.05) is 5.75 Å². The van der Waals surface area contributed by atoms with Crippen LogP contribution < -0.4 is 5.73 Å². The Hall–Kier alpha value is -0.580. The summed E-state index contributed by atoms with van der Waals surface area (Å²) in [6.45, 7) is 1.82. The zero-order chi connectivity index (χ0) is 11.2. The molecule has 2 unspecified atom stereocenters. The van der Waals surface area contributed by atoms with Gasteiger partial charge in [0.2, 0.25) is 0 Å². The van der Waals surface area contributed by atoms with Crippen molar-refractivity contribution >= 4 is 21.4 Å². The lowest BCUT2D eigenvalue weighted by Gasteiger charge is -2.13. The predicted molar refractivity (Wildman–Crippen MR) is 59.9 cm³/mol. The van der Waals surface area contributed by atoms with E-state index in [0.29, 0.717) is 9.92 Å². The van der Waals surface area contributed by atoms with Crippen LogP contribution in [0.3, 0.4) is 0 Å². The van der Waals surface area contributed by atoms with Crippen molar-refractivity contribution in [3.63, 3.8) is 0 Å². The molecule has 82 valence electrons. The van der Waals surface area contributed by atoms with Crippen LogP contribution in [-0.4, -0.2) is 20.2 Å². The molecule has 0 saturated heterocycles. The number of fused-ring (bicyclic) bond motifs is 1. The molecule has 1 heterocycles. The van der Waals surface area contributed by atoms with Crippen molar-refractivity contribution in [1.82, 2.24) is 0 Å². The van der Waals surface area contributed by atoms with Crippen LogP contribution in [0.15, 0.2) is 23.1 Å². The first-order valence-corrected chi connectivity index (χ1v) is 6.72. The average molecular weight is 246 g/mol. The van der Waals surface area contributed by atoms with E-state index in [9.17, 15) is 8.42 Å². The summed E-state index contributed by atoms with van der Waals surface area (Å²) in [6.07, 6.45) is 0. The van der Waals surface area contributed by atoms with Crippen LogP contribution in [0.4, 0.5) is 0 Å². The lowest BCUT2D eigenvalue weighted by atomic mass is 9.95. The predicted octanol–water partition coefficient (Wildman–Crippen LogP) is 1.56. The molecule has 1 aliphatic rings. The summed E-state index contributed by atoms with van der Waals surface area (Å²) in [4.78, 5) is 0.384. The minimum Gasteiger partial charge on any atom is -0.327 e. The monoisotopic (exact) mass is 245 g/mol. The van der Waals surface area contributed by atoms with Crippen LogP contribution in [0.1, 0.15) is 18.4 Å². The standard InChI is InChI=1S/C10H12ClNO2S/c1-6(12)9-5-15(13,14)10-3-2-7(11)4-8(9)10/h2-4,6,9H,5,12H2,1H3. The van der Waals surface area contributed by atoms with Crippen molar-refractivity contribution in [3.05, 3.63) is 28.8 Å². The molecular formula is C10H12ClNO2S. The third-order valence-electron chi connectivity index (χ3n) is 2.74. The van der Waals surface area contributed by atoms with Gasteiger partial charge in [-0.25, -0.2) is 8.42 Å². The van der Waals surface area contributed by atoms with Crippen LogP contribution >= 0.6 is 11.6 Å². The van der Waals surface area contributed by atoms with E-state index in [1.165, 1.54) is 0 Å². The van der Waals surface area contributed by atoms with Gasteiger partial charge in [-0.05, 0) is 30.7 Å². The smallest absolute Gasteiger partial charge is 0.179 e. The van der Waals surface area contributed by atoms with Gasteiger partial charge in [0.15, 0.2) is 9.84 Å². The van der Waals surface area contributed by atoms with E-state index < -0.39 is 9.84 Å². The van der Waals surface area contributed by atoms with Crippen LogP contribution in [0.5, 0.6) is 0 Å². The maximum absolute atomic E-state index is 11.8. The molecule has 5 heteroatoms. The Balaban J connectivity index is 2.64. The molecule has 0 aliphatic carbocycles.